The maximum atomic E-state index is 13.0. The van der Waals surface area contributed by atoms with Crippen LogP contribution in [0.1, 0.15) is 11.1 Å². The van der Waals surface area contributed by atoms with Crippen molar-refractivity contribution >= 4 is 20.9 Å². The van der Waals surface area contributed by atoms with Gasteiger partial charge in [-0.2, -0.15) is 8.42 Å². The largest absolute Gasteiger partial charge is 0.493 e. The van der Waals surface area contributed by atoms with E-state index in [-0.39, 0.29) is 10.6 Å². The van der Waals surface area contributed by atoms with E-state index in [4.69, 9.17) is 8.92 Å². The summed E-state index contributed by atoms with van der Waals surface area (Å²) < 4.78 is 37.2. The van der Waals surface area contributed by atoms with Crippen molar-refractivity contribution in [3.8, 4) is 22.6 Å². The van der Waals surface area contributed by atoms with E-state index < -0.39 is 10.1 Å². The molecule has 0 saturated carbocycles. The van der Waals surface area contributed by atoms with Crippen molar-refractivity contribution in [2.24, 2.45) is 0 Å². The number of rotatable bonds is 5. The summed E-state index contributed by atoms with van der Waals surface area (Å²) in [5.41, 5.74) is 3.57. The lowest BCUT2D eigenvalue weighted by atomic mass is 9.93. The Morgan fingerprint density at radius 1 is 0.767 bits per heavy atom. The van der Waals surface area contributed by atoms with E-state index in [0.717, 1.165) is 27.5 Å². The lowest BCUT2D eigenvalue weighted by Crippen LogP contribution is -2.11. The predicted octanol–water partition coefficient (Wildman–Crippen LogP) is 5.90. The minimum Gasteiger partial charge on any atom is -0.493 e. The molecule has 5 heteroatoms. The zero-order valence-corrected chi connectivity index (χ0v) is 17.9. The normalized spacial score (nSPS) is 11.4. The third-order valence-corrected chi connectivity index (χ3v) is 6.34. The van der Waals surface area contributed by atoms with E-state index in [1.54, 1.807) is 30.3 Å². The minimum atomic E-state index is -4.04. The van der Waals surface area contributed by atoms with Crippen LogP contribution in [0.15, 0.2) is 83.8 Å². The van der Waals surface area contributed by atoms with Crippen LogP contribution in [0, 0.1) is 13.8 Å². The van der Waals surface area contributed by atoms with Crippen LogP contribution in [0.4, 0.5) is 0 Å². The third kappa shape index (κ3) is 3.64. The molecule has 0 aliphatic heterocycles. The Morgan fingerprint density at radius 3 is 2.23 bits per heavy atom. The predicted molar refractivity (Wildman–Crippen MR) is 120 cm³/mol. The van der Waals surface area contributed by atoms with Crippen molar-refractivity contribution in [1.82, 2.24) is 0 Å². The summed E-state index contributed by atoms with van der Waals surface area (Å²) >= 11 is 0. The van der Waals surface area contributed by atoms with Gasteiger partial charge in [0.1, 0.15) is 4.90 Å². The Labute approximate surface area is 176 Å². The lowest BCUT2D eigenvalue weighted by Gasteiger charge is -2.18. The second-order valence-electron chi connectivity index (χ2n) is 7.17. The zero-order chi connectivity index (χ0) is 21.3. The molecule has 0 amide bonds. The first kappa shape index (κ1) is 20.0. The average Bonchev–Trinajstić information content (AvgIpc) is 2.74. The molecular weight excluding hydrogens is 396 g/mol. The monoisotopic (exact) mass is 418 g/mol. The molecule has 4 aromatic rings. The first-order chi connectivity index (χ1) is 14.4. The molecule has 152 valence electrons. The highest BCUT2D eigenvalue weighted by atomic mass is 32.2. The molecular formula is C25H22O4S. The molecule has 0 radical (unpaired) electrons. The van der Waals surface area contributed by atoms with Crippen LogP contribution in [0.3, 0.4) is 0 Å². The molecule has 0 saturated heterocycles. The average molecular weight is 419 g/mol. The summed E-state index contributed by atoms with van der Waals surface area (Å²) in [6.07, 6.45) is 0. The van der Waals surface area contributed by atoms with E-state index in [1.165, 1.54) is 7.11 Å². The quantitative estimate of drug-likeness (QED) is 0.379. The molecule has 0 N–H and O–H groups in total. The van der Waals surface area contributed by atoms with Crippen molar-refractivity contribution in [3.05, 3.63) is 90.0 Å². The van der Waals surface area contributed by atoms with E-state index in [1.807, 2.05) is 56.3 Å². The number of benzene rings is 4. The molecule has 0 bridgehead atoms. The maximum absolute atomic E-state index is 13.0. The number of methoxy groups -OCH3 is 1. The second kappa shape index (κ2) is 7.84. The first-order valence-corrected chi connectivity index (χ1v) is 11.0. The van der Waals surface area contributed by atoms with E-state index in [2.05, 4.69) is 6.07 Å². The summed E-state index contributed by atoms with van der Waals surface area (Å²) in [5.74, 6) is 0.538. The Balaban J connectivity index is 1.93. The van der Waals surface area contributed by atoms with Gasteiger partial charge in [-0.15, -0.1) is 0 Å². The number of fused-ring (bicyclic) bond motifs is 1. The van der Waals surface area contributed by atoms with Gasteiger partial charge < -0.3 is 8.92 Å². The molecule has 4 rings (SSSR count). The third-order valence-electron chi connectivity index (χ3n) is 5.11. The molecule has 0 unspecified atom stereocenters. The van der Waals surface area contributed by atoms with Gasteiger partial charge in [-0.1, -0.05) is 66.2 Å². The number of hydrogen-bond acceptors (Lipinski definition) is 4. The van der Waals surface area contributed by atoms with Gasteiger partial charge in [-0.05, 0) is 53.9 Å². The van der Waals surface area contributed by atoms with E-state index >= 15 is 0 Å². The van der Waals surface area contributed by atoms with Crippen molar-refractivity contribution < 1.29 is 17.3 Å². The smallest absolute Gasteiger partial charge is 0.339 e. The summed E-state index contributed by atoms with van der Waals surface area (Å²) in [6.45, 7) is 3.90. The minimum absolute atomic E-state index is 0.0968. The summed E-state index contributed by atoms with van der Waals surface area (Å²) in [4.78, 5) is 0.0968. The van der Waals surface area contributed by atoms with Crippen LogP contribution < -0.4 is 8.92 Å². The fraction of sp³-hybridized carbons (Fsp3) is 0.120. The molecule has 0 fully saturated rings. The number of aryl methyl sites for hydroxylation is 2. The fourth-order valence-corrected chi connectivity index (χ4v) is 4.52. The number of para-hydroxylation sites is 1. The number of ether oxygens (including phenoxy) is 1. The highest BCUT2D eigenvalue weighted by Crippen LogP contribution is 2.43. The molecule has 0 heterocycles. The van der Waals surface area contributed by atoms with Gasteiger partial charge in [0.05, 0.1) is 7.11 Å². The van der Waals surface area contributed by atoms with Gasteiger partial charge in [0, 0.05) is 5.56 Å². The molecule has 4 aromatic carbocycles. The van der Waals surface area contributed by atoms with Crippen LogP contribution in [0.2, 0.25) is 0 Å². The van der Waals surface area contributed by atoms with Crippen LogP contribution in [0.5, 0.6) is 11.5 Å². The Hall–Kier alpha value is -3.31. The van der Waals surface area contributed by atoms with Gasteiger partial charge in [-0.3, -0.25) is 0 Å². The molecule has 0 spiro atoms. The standard InChI is InChI=1S/C25H22O4S/c1-17-11-15-20(16-12-17)30(26,27)29-25-22(9-6-10-23(25)28-3)24-18(2)13-14-19-7-4-5-8-21(19)24/h4-16H,1-3H3. The van der Waals surface area contributed by atoms with E-state index in [0.29, 0.717) is 11.3 Å². The second-order valence-corrected chi connectivity index (χ2v) is 8.71. The van der Waals surface area contributed by atoms with Crippen LogP contribution in [0.25, 0.3) is 21.9 Å². The topological polar surface area (TPSA) is 52.6 Å². The van der Waals surface area contributed by atoms with Crippen molar-refractivity contribution in [2.75, 3.05) is 7.11 Å². The molecule has 0 aliphatic rings. The van der Waals surface area contributed by atoms with Crippen molar-refractivity contribution in [1.29, 1.82) is 0 Å². The Bertz CT molecular complexity index is 1320. The highest BCUT2D eigenvalue weighted by Gasteiger charge is 2.23. The van der Waals surface area contributed by atoms with Gasteiger partial charge in [-0.25, -0.2) is 0 Å². The summed E-state index contributed by atoms with van der Waals surface area (Å²) in [5, 5.41) is 2.08. The van der Waals surface area contributed by atoms with Gasteiger partial charge in [0.15, 0.2) is 11.5 Å². The first-order valence-electron chi connectivity index (χ1n) is 9.57. The molecule has 0 atom stereocenters. The van der Waals surface area contributed by atoms with Crippen molar-refractivity contribution in [2.45, 2.75) is 18.7 Å². The van der Waals surface area contributed by atoms with E-state index in [9.17, 15) is 8.42 Å². The fourth-order valence-electron chi connectivity index (χ4n) is 3.56. The zero-order valence-electron chi connectivity index (χ0n) is 17.0. The maximum Gasteiger partial charge on any atom is 0.339 e. The molecule has 30 heavy (non-hydrogen) atoms. The highest BCUT2D eigenvalue weighted by molar-refractivity contribution is 7.87. The van der Waals surface area contributed by atoms with Gasteiger partial charge in [0.25, 0.3) is 0 Å². The van der Waals surface area contributed by atoms with Crippen LogP contribution >= 0.6 is 0 Å². The summed E-state index contributed by atoms with van der Waals surface area (Å²) in [7, 11) is -2.54. The van der Waals surface area contributed by atoms with Crippen molar-refractivity contribution in [3.63, 3.8) is 0 Å². The lowest BCUT2D eigenvalue weighted by molar-refractivity contribution is 0.391. The van der Waals surface area contributed by atoms with Crippen LogP contribution in [-0.2, 0) is 10.1 Å². The SMILES string of the molecule is COc1cccc(-c2c(C)ccc3ccccc23)c1OS(=O)(=O)c1ccc(C)cc1. The van der Waals surface area contributed by atoms with Gasteiger partial charge >= 0.3 is 10.1 Å². The molecule has 4 nitrogen and oxygen atoms in total. The Kier molecular flexibility index (Phi) is 5.22. The number of hydrogen-bond donors (Lipinski definition) is 0. The molecule has 0 aliphatic carbocycles. The summed E-state index contributed by atoms with van der Waals surface area (Å²) in [6, 6.07) is 24.0. The van der Waals surface area contributed by atoms with Gasteiger partial charge in [0.2, 0.25) is 0 Å². The van der Waals surface area contributed by atoms with Crippen LogP contribution in [-0.4, -0.2) is 15.5 Å². The molecule has 0 aromatic heterocycles. The Morgan fingerprint density at radius 2 is 1.50 bits per heavy atom.